The maximum absolute atomic E-state index is 12.3. The Hall–Kier alpha value is -2.79. The van der Waals surface area contributed by atoms with E-state index < -0.39 is 5.78 Å². The minimum atomic E-state index is -0.511. The Morgan fingerprint density at radius 1 is 1.04 bits per heavy atom. The maximum Gasteiger partial charge on any atom is 0.209 e. The molecule has 2 aromatic rings. The zero-order valence-corrected chi connectivity index (χ0v) is 13.9. The van der Waals surface area contributed by atoms with Crippen molar-refractivity contribution in [2.45, 2.75) is 0 Å². The molecule has 0 atom stereocenters. The second-order valence-corrected chi connectivity index (χ2v) is 5.11. The van der Waals surface area contributed by atoms with Gasteiger partial charge in [0.2, 0.25) is 5.78 Å². The molecule has 2 aromatic carbocycles. The number of hydrogen-bond donors (Lipinski definition) is 1. The van der Waals surface area contributed by atoms with Crippen LogP contribution in [-0.4, -0.2) is 31.4 Å². The molecule has 0 saturated carbocycles. The largest absolute Gasteiger partial charge is 0.493 e. The lowest BCUT2D eigenvalue weighted by molar-refractivity contribution is -0.107. The van der Waals surface area contributed by atoms with Crippen LogP contribution in [0.1, 0.15) is 11.1 Å². The van der Waals surface area contributed by atoms with Gasteiger partial charge in [0.05, 0.1) is 24.8 Å². The SMILES string of the molecule is COc1ccc(C(Cl)=C(C(=O)C=NO)c2ccccc2)cc1OC. The van der Waals surface area contributed by atoms with E-state index in [2.05, 4.69) is 5.16 Å². The van der Waals surface area contributed by atoms with E-state index in [0.717, 1.165) is 6.21 Å². The number of halogens is 1. The highest BCUT2D eigenvalue weighted by atomic mass is 35.5. The summed E-state index contributed by atoms with van der Waals surface area (Å²) in [4.78, 5) is 12.3. The van der Waals surface area contributed by atoms with Gasteiger partial charge in [0.1, 0.15) is 6.21 Å². The Labute approximate surface area is 144 Å². The van der Waals surface area contributed by atoms with Crippen LogP contribution < -0.4 is 9.47 Å². The lowest BCUT2D eigenvalue weighted by atomic mass is 9.99. The first-order valence-electron chi connectivity index (χ1n) is 7.01. The predicted octanol–water partition coefficient (Wildman–Crippen LogP) is 3.84. The van der Waals surface area contributed by atoms with Crippen LogP contribution in [0.2, 0.25) is 0 Å². The lowest BCUT2D eigenvalue weighted by Gasteiger charge is -2.12. The van der Waals surface area contributed by atoms with Crippen molar-refractivity contribution in [3.05, 3.63) is 59.7 Å². The van der Waals surface area contributed by atoms with Gasteiger partial charge in [0, 0.05) is 0 Å². The molecule has 0 heterocycles. The van der Waals surface area contributed by atoms with Crippen molar-refractivity contribution < 1.29 is 19.5 Å². The first-order chi connectivity index (χ1) is 11.6. The number of allylic oxidation sites excluding steroid dienone is 1. The molecule has 0 aromatic heterocycles. The van der Waals surface area contributed by atoms with Gasteiger partial charge in [-0.05, 0) is 29.3 Å². The standard InChI is InChI=1S/C18H16ClNO4/c1-23-15-9-8-13(10-16(15)24-2)18(19)17(14(21)11-20-22)12-6-4-3-5-7-12/h3-11,22H,1-2H3. The highest BCUT2D eigenvalue weighted by Crippen LogP contribution is 2.35. The molecule has 0 aliphatic carbocycles. The molecule has 0 aliphatic heterocycles. The van der Waals surface area contributed by atoms with Gasteiger partial charge >= 0.3 is 0 Å². The van der Waals surface area contributed by atoms with Gasteiger partial charge in [-0.3, -0.25) is 4.79 Å². The average molecular weight is 346 g/mol. The third-order valence-corrected chi connectivity index (χ3v) is 3.75. The van der Waals surface area contributed by atoms with E-state index in [9.17, 15) is 4.79 Å². The summed E-state index contributed by atoms with van der Waals surface area (Å²) in [5.41, 5.74) is 1.41. The number of ketones is 1. The Morgan fingerprint density at radius 3 is 2.29 bits per heavy atom. The van der Waals surface area contributed by atoms with Crippen LogP contribution in [-0.2, 0) is 4.79 Å². The molecule has 0 fully saturated rings. The quantitative estimate of drug-likeness (QED) is 0.284. The van der Waals surface area contributed by atoms with Crippen molar-refractivity contribution in [1.82, 2.24) is 0 Å². The summed E-state index contributed by atoms with van der Waals surface area (Å²) in [6, 6.07) is 14.0. The minimum absolute atomic E-state index is 0.215. The summed E-state index contributed by atoms with van der Waals surface area (Å²) >= 11 is 6.48. The fourth-order valence-electron chi connectivity index (χ4n) is 2.22. The van der Waals surface area contributed by atoms with Crippen molar-refractivity contribution in [2.75, 3.05) is 14.2 Å². The molecule has 2 rings (SSSR count). The fraction of sp³-hybridized carbons (Fsp3) is 0.111. The lowest BCUT2D eigenvalue weighted by Crippen LogP contribution is -2.05. The highest BCUT2D eigenvalue weighted by molar-refractivity contribution is 6.63. The second kappa shape index (κ2) is 8.17. The third kappa shape index (κ3) is 3.75. The molecule has 0 saturated heterocycles. The number of benzene rings is 2. The predicted molar refractivity (Wildman–Crippen MR) is 93.9 cm³/mol. The van der Waals surface area contributed by atoms with Crippen LogP contribution in [0.3, 0.4) is 0 Å². The molecule has 0 radical (unpaired) electrons. The van der Waals surface area contributed by atoms with Crippen LogP contribution in [0.25, 0.3) is 10.6 Å². The van der Waals surface area contributed by atoms with E-state index in [1.54, 1.807) is 42.5 Å². The number of carbonyl (C=O) groups is 1. The van der Waals surface area contributed by atoms with E-state index in [4.69, 9.17) is 26.3 Å². The molecule has 6 heteroatoms. The van der Waals surface area contributed by atoms with Crippen LogP contribution in [0.4, 0.5) is 0 Å². The van der Waals surface area contributed by atoms with E-state index in [1.165, 1.54) is 14.2 Å². The van der Waals surface area contributed by atoms with Crippen LogP contribution in [0.5, 0.6) is 11.5 Å². The molecule has 124 valence electrons. The van der Waals surface area contributed by atoms with Gasteiger partial charge < -0.3 is 14.7 Å². The van der Waals surface area contributed by atoms with Crippen molar-refractivity contribution in [2.24, 2.45) is 5.16 Å². The Bertz CT molecular complexity index is 785. The number of ether oxygens (including phenoxy) is 2. The number of nitrogens with zero attached hydrogens (tertiary/aromatic N) is 1. The molecule has 24 heavy (non-hydrogen) atoms. The van der Waals surface area contributed by atoms with E-state index in [-0.39, 0.29) is 10.6 Å². The summed E-state index contributed by atoms with van der Waals surface area (Å²) in [5, 5.41) is 11.7. The zero-order valence-electron chi connectivity index (χ0n) is 13.2. The van der Waals surface area contributed by atoms with Crippen molar-refractivity contribution in [1.29, 1.82) is 0 Å². The number of carbonyl (C=O) groups excluding carboxylic acids is 1. The maximum atomic E-state index is 12.3. The zero-order chi connectivity index (χ0) is 17.5. The van der Waals surface area contributed by atoms with Gasteiger partial charge in [-0.25, -0.2) is 0 Å². The second-order valence-electron chi connectivity index (χ2n) is 4.73. The first kappa shape index (κ1) is 17.6. The Morgan fingerprint density at radius 2 is 1.71 bits per heavy atom. The summed E-state index contributed by atoms with van der Waals surface area (Å²) in [5.74, 6) is 0.530. The van der Waals surface area contributed by atoms with Crippen LogP contribution in [0, 0.1) is 0 Å². The number of hydrogen-bond acceptors (Lipinski definition) is 5. The molecule has 0 unspecified atom stereocenters. The van der Waals surface area contributed by atoms with Crippen LogP contribution >= 0.6 is 11.6 Å². The van der Waals surface area contributed by atoms with Gasteiger partial charge in [0.15, 0.2) is 11.5 Å². The highest BCUT2D eigenvalue weighted by Gasteiger charge is 2.18. The normalized spacial score (nSPS) is 12.0. The number of methoxy groups -OCH3 is 2. The molecular formula is C18H16ClNO4. The smallest absolute Gasteiger partial charge is 0.209 e. The van der Waals surface area contributed by atoms with Crippen molar-refractivity contribution in [3.63, 3.8) is 0 Å². The van der Waals surface area contributed by atoms with Gasteiger partial charge in [0.25, 0.3) is 0 Å². The summed E-state index contributed by atoms with van der Waals surface area (Å²) < 4.78 is 10.5. The minimum Gasteiger partial charge on any atom is -0.493 e. The molecule has 0 spiro atoms. The molecule has 5 nitrogen and oxygen atoms in total. The van der Waals surface area contributed by atoms with E-state index in [1.807, 2.05) is 6.07 Å². The van der Waals surface area contributed by atoms with Crippen LogP contribution in [0.15, 0.2) is 53.7 Å². The molecule has 1 N–H and O–H groups in total. The summed E-state index contributed by atoms with van der Waals surface area (Å²) in [6.45, 7) is 0. The first-order valence-corrected chi connectivity index (χ1v) is 7.39. The third-order valence-electron chi connectivity index (χ3n) is 3.34. The van der Waals surface area contributed by atoms with Crippen molar-refractivity contribution >= 4 is 34.2 Å². The van der Waals surface area contributed by atoms with Gasteiger partial charge in [-0.2, -0.15) is 0 Å². The van der Waals surface area contributed by atoms with Gasteiger partial charge in [-0.15, -0.1) is 0 Å². The van der Waals surface area contributed by atoms with Gasteiger partial charge in [-0.1, -0.05) is 47.1 Å². The molecule has 0 aliphatic rings. The molecule has 0 bridgehead atoms. The molecule has 0 amide bonds. The molecular weight excluding hydrogens is 330 g/mol. The number of Topliss-reactive ketones (excluding diaryl/α,β-unsaturated/α-hetero) is 1. The Kier molecular flexibility index (Phi) is 5.98. The van der Waals surface area contributed by atoms with Crippen molar-refractivity contribution in [3.8, 4) is 11.5 Å². The van der Waals surface area contributed by atoms with E-state index in [0.29, 0.717) is 22.6 Å². The number of rotatable bonds is 6. The Balaban J connectivity index is 2.64. The van der Waals surface area contributed by atoms with E-state index >= 15 is 0 Å². The average Bonchev–Trinajstić information content (AvgIpc) is 2.62. The monoisotopic (exact) mass is 345 g/mol. The fourth-order valence-corrected chi connectivity index (χ4v) is 2.54. The summed E-state index contributed by atoms with van der Waals surface area (Å²) in [7, 11) is 3.05. The topological polar surface area (TPSA) is 68.1 Å². The number of oxime groups is 1. The summed E-state index contributed by atoms with van der Waals surface area (Å²) in [6.07, 6.45) is 0.811.